The highest BCUT2D eigenvalue weighted by molar-refractivity contribution is 5.87. The van der Waals surface area contributed by atoms with Gasteiger partial charge in [-0.2, -0.15) is 0 Å². The van der Waals surface area contributed by atoms with Gasteiger partial charge in [-0.1, -0.05) is 70.9 Å². The lowest BCUT2D eigenvalue weighted by Gasteiger charge is -2.70. The molecular weight excluding hydrogens is 1050 g/mol. The van der Waals surface area contributed by atoms with E-state index >= 15 is 0 Å². The molecule has 8 rings (SSSR count). The minimum atomic E-state index is -2.12. The SMILES string of the molecule is C/C=C(/C)CC(=O)O[C@H]1[C@H](OC(=O)/C(C)=C\C)C(C)(C)CC2C3=CCC4[C@@](C)(CCC5C(C)(C)[C@@H](OC6OC(C(=O)O)C(O)C(OC7OC(CO)C(O)C7O)C6OC6OC(CO)C(O)C(O)C6O)CC[C@@]54C)C3[C@@H](O)[C@@H](O)[C@]21CO. The maximum absolute atomic E-state index is 13.9. The number of aliphatic hydroxyl groups excluding tert-OH is 11. The van der Waals surface area contributed by atoms with Gasteiger partial charge in [0.05, 0.1) is 50.0 Å². The van der Waals surface area contributed by atoms with Crippen LogP contribution in [-0.4, -0.2) is 216 Å². The standard InChI is InChI=1S/C57H88O23/c1-11-24(3)19-33(61)76-47-46(80-49(72)25(4)12-2)53(5,6)20-27-26-13-14-31-55(9)18-16-32(54(7,8)30(55)15-17-56(31,10)34(26)37(64)45(69)57(27,47)23-60)75-52-44(79-51-40(67)38(65)35(62)28(21-58)73-51)42(41(68)43(78-52)48(70)71)77-50-39(66)36(63)29(22-59)74-50/h11-13,27-32,34-47,50-52,58-60,62-69H,14-23H2,1-10H3,(H,70,71)/b24-11-,25-12-/t27?,28?,29?,30?,31?,32-,34?,35?,36?,37+,38?,39?,40?,41?,42?,43?,44?,45+,46-,47-,50?,51?,52?,55-,56+,57-/m0/s1. The lowest BCUT2D eigenvalue weighted by molar-refractivity contribution is -0.386. The van der Waals surface area contributed by atoms with Crippen LogP contribution >= 0.6 is 0 Å². The number of ether oxygens (including phenoxy) is 8. The molecule has 0 aromatic rings. The average molecular weight is 1140 g/mol. The number of carboxylic acid groups (broad SMARTS) is 1. The first kappa shape index (κ1) is 63.0. The number of carbonyl (C=O) groups is 3. The van der Waals surface area contributed by atoms with Crippen molar-refractivity contribution in [1.82, 2.24) is 0 Å². The summed E-state index contributed by atoms with van der Waals surface area (Å²) in [5.41, 5.74) is -2.62. The monoisotopic (exact) mass is 1140 g/mol. The molecule has 0 amide bonds. The van der Waals surface area contributed by atoms with Crippen LogP contribution in [0.4, 0.5) is 0 Å². The van der Waals surface area contributed by atoms with Gasteiger partial charge in [0.2, 0.25) is 0 Å². The molecule has 0 bridgehead atoms. The summed E-state index contributed by atoms with van der Waals surface area (Å²) in [6.07, 6.45) is -23.5. The molecule has 0 aromatic heterocycles. The molecule has 3 saturated heterocycles. The fourth-order valence-corrected chi connectivity index (χ4v) is 16.0. The molecule has 23 heteroatoms. The van der Waals surface area contributed by atoms with Crippen LogP contribution in [0.1, 0.15) is 114 Å². The number of allylic oxidation sites excluding steroid dienone is 3. The first-order chi connectivity index (χ1) is 37.4. The van der Waals surface area contributed by atoms with Gasteiger partial charge in [0.15, 0.2) is 31.1 Å². The summed E-state index contributed by atoms with van der Waals surface area (Å²) in [5.74, 6) is -4.45. The molecule has 12 N–H and O–H groups in total. The largest absolute Gasteiger partial charge is 0.479 e. The predicted molar refractivity (Wildman–Crippen MR) is 277 cm³/mol. The molecule has 4 saturated carbocycles. The zero-order valence-electron chi connectivity index (χ0n) is 47.4. The number of rotatable bonds is 15. The number of carboxylic acids is 1. The first-order valence-corrected chi connectivity index (χ1v) is 28.2. The third-order valence-electron chi connectivity index (χ3n) is 20.7. The molecule has 0 aromatic carbocycles. The second-order valence-electron chi connectivity index (χ2n) is 25.9. The fourth-order valence-electron chi connectivity index (χ4n) is 16.0. The minimum absolute atomic E-state index is 0.0932. The van der Waals surface area contributed by atoms with Crippen LogP contribution in [-0.2, 0) is 52.3 Å². The lowest BCUT2D eigenvalue weighted by atomic mass is 9.36. The van der Waals surface area contributed by atoms with Gasteiger partial charge in [0.25, 0.3) is 0 Å². The Labute approximate surface area is 466 Å². The van der Waals surface area contributed by atoms with Crippen LogP contribution in [0.5, 0.6) is 0 Å². The van der Waals surface area contributed by atoms with Gasteiger partial charge in [-0.15, -0.1) is 0 Å². The predicted octanol–water partition coefficient (Wildman–Crippen LogP) is 0.263. The van der Waals surface area contributed by atoms with Gasteiger partial charge >= 0.3 is 17.9 Å². The summed E-state index contributed by atoms with van der Waals surface area (Å²) in [5, 5.41) is 133. The molecule has 454 valence electrons. The number of carbonyl (C=O) groups excluding carboxylic acids is 2. The van der Waals surface area contributed by atoms with Crippen molar-refractivity contribution in [3.63, 3.8) is 0 Å². The van der Waals surface area contributed by atoms with Gasteiger partial charge in [0, 0.05) is 16.9 Å². The first-order valence-electron chi connectivity index (χ1n) is 28.2. The number of hydrogen-bond acceptors (Lipinski definition) is 22. The van der Waals surface area contributed by atoms with Crippen LogP contribution in [0.3, 0.4) is 0 Å². The van der Waals surface area contributed by atoms with E-state index in [2.05, 4.69) is 19.9 Å². The second-order valence-corrected chi connectivity index (χ2v) is 25.9. The highest BCUT2D eigenvalue weighted by Crippen LogP contribution is 2.72. The lowest BCUT2D eigenvalue weighted by Crippen LogP contribution is -2.74. The summed E-state index contributed by atoms with van der Waals surface area (Å²) >= 11 is 0. The Morgan fingerprint density at radius 1 is 0.662 bits per heavy atom. The molecule has 3 aliphatic heterocycles. The van der Waals surface area contributed by atoms with E-state index in [0.29, 0.717) is 44.1 Å². The van der Waals surface area contributed by atoms with Crippen molar-refractivity contribution in [1.29, 1.82) is 0 Å². The molecule has 0 radical (unpaired) electrons. The highest BCUT2D eigenvalue weighted by Gasteiger charge is 2.73. The van der Waals surface area contributed by atoms with E-state index in [9.17, 15) is 75.7 Å². The molecule has 8 aliphatic rings. The normalized spacial score (nSPS) is 48.1. The van der Waals surface area contributed by atoms with Gasteiger partial charge < -0.3 is 99.2 Å². The second kappa shape index (κ2) is 23.4. The van der Waals surface area contributed by atoms with Crippen LogP contribution in [0.25, 0.3) is 0 Å². The van der Waals surface area contributed by atoms with E-state index in [1.54, 1.807) is 39.8 Å². The number of esters is 2. The molecule has 7 fully saturated rings. The van der Waals surface area contributed by atoms with Crippen molar-refractivity contribution in [3.05, 3.63) is 34.9 Å². The zero-order valence-corrected chi connectivity index (χ0v) is 47.4. The van der Waals surface area contributed by atoms with E-state index in [1.165, 1.54) is 0 Å². The fraction of sp³-hybridized carbons (Fsp3) is 0.842. The van der Waals surface area contributed by atoms with Crippen molar-refractivity contribution in [2.24, 2.45) is 50.7 Å². The molecule has 18 unspecified atom stereocenters. The number of fused-ring (bicyclic) bond motifs is 7. The Bertz CT molecular complexity index is 2350. The van der Waals surface area contributed by atoms with Crippen LogP contribution in [0.15, 0.2) is 34.9 Å². The molecule has 80 heavy (non-hydrogen) atoms. The van der Waals surface area contributed by atoms with Crippen molar-refractivity contribution in [2.75, 3.05) is 19.8 Å². The Hall–Kier alpha value is -3.05. The van der Waals surface area contributed by atoms with Crippen LogP contribution in [0, 0.1) is 50.7 Å². The summed E-state index contributed by atoms with van der Waals surface area (Å²) in [4.78, 5) is 40.3. The zero-order chi connectivity index (χ0) is 59.1. The van der Waals surface area contributed by atoms with Gasteiger partial charge in [-0.05, 0) is 100 Å². The molecule has 5 aliphatic carbocycles. The topological polar surface area (TPSA) is 368 Å². The third kappa shape index (κ3) is 10.5. The number of aliphatic hydroxyl groups is 11. The van der Waals surface area contributed by atoms with Crippen molar-refractivity contribution in [2.45, 2.75) is 231 Å². The summed E-state index contributed by atoms with van der Waals surface area (Å²) in [6, 6.07) is 0. The van der Waals surface area contributed by atoms with Gasteiger partial charge in [-0.25, -0.2) is 9.59 Å². The third-order valence-corrected chi connectivity index (χ3v) is 20.7. The smallest absolute Gasteiger partial charge is 0.335 e. The Morgan fingerprint density at radius 3 is 1.82 bits per heavy atom. The molecule has 23 nitrogen and oxygen atoms in total. The number of aliphatic carboxylic acids is 1. The summed E-state index contributed by atoms with van der Waals surface area (Å²) in [7, 11) is 0. The van der Waals surface area contributed by atoms with E-state index in [4.69, 9.17) is 37.9 Å². The van der Waals surface area contributed by atoms with E-state index in [0.717, 1.165) is 11.1 Å². The minimum Gasteiger partial charge on any atom is -0.479 e. The van der Waals surface area contributed by atoms with E-state index in [1.807, 2.05) is 27.7 Å². The molecule has 26 atom stereocenters. The van der Waals surface area contributed by atoms with Gasteiger partial charge in [0.1, 0.15) is 67.1 Å². The Morgan fingerprint density at radius 2 is 1.25 bits per heavy atom. The molecule has 0 spiro atoms. The van der Waals surface area contributed by atoms with Gasteiger partial charge in [-0.3, -0.25) is 4.79 Å². The molecule has 3 heterocycles. The quantitative estimate of drug-likeness (QED) is 0.0453. The van der Waals surface area contributed by atoms with Crippen molar-refractivity contribution in [3.8, 4) is 0 Å². The van der Waals surface area contributed by atoms with Crippen molar-refractivity contribution >= 4 is 17.9 Å². The molecular formula is C57H88O23. The Balaban J connectivity index is 1.12. The average Bonchev–Trinajstić information content (AvgIpc) is 2.51. The van der Waals surface area contributed by atoms with Crippen molar-refractivity contribution < 1.29 is 114 Å². The summed E-state index contributed by atoms with van der Waals surface area (Å²) in [6.45, 7) is 16.8. The highest BCUT2D eigenvalue weighted by atomic mass is 16.8. The van der Waals surface area contributed by atoms with E-state index in [-0.39, 0.29) is 18.3 Å². The van der Waals surface area contributed by atoms with Crippen LogP contribution < -0.4 is 0 Å². The summed E-state index contributed by atoms with van der Waals surface area (Å²) < 4.78 is 49.0. The van der Waals surface area contributed by atoms with E-state index < -0.39 is 193 Å². The Kier molecular flexibility index (Phi) is 18.4. The number of hydrogen-bond donors (Lipinski definition) is 12. The maximum atomic E-state index is 13.9. The maximum Gasteiger partial charge on any atom is 0.335 e. The van der Waals surface area contributed by atoms with Crippen LogP contribution in [0.2, 0.25) is 0 Å².